The van der Waals surface area contributed by atoms with E-state index in [0.29, 0.717) is 16.9 Å². The number of hydrogen-bond donors (Lipinski definition) is 1. The average Bonchev–Trinajstić information content (AvgIpc) is 2.85. The molecule has 0 spiro atoms. The molecule has 1 N–H and O–H groups in total. The molecule has 1 amide bonds. The van der Waals surface area contributed by atoms with Crippen LogP contribution in [0.1, 0.15) is 32.6 Å². The number of aryl methyl sites for hydroxylation is 1. The summed E-state index contributed by atoms with van der Waals surface area (Å²) in [5, 5.41) is 2.89. The third kappa shape index (κ3) is 6.33. The topological polar surface area (TPSA) is 79.4 Å². The number of hydrogen-bond acceptors (Lipinski definition) is 4. The summed E-state index contributed by atoms with van der Waals surface area (Å²) in [7, 11) is -3.51. The molecular weight excluding hydrogens is 458 g/mol. The summed E-state index contributed by atoms with van der Waals surface area (Å²) >= 11 is 0. The van der Waals surface area contributed by atoms with Gasteiger partial charge in [0.05, 0.1) is 18.5 Å². The van der Waals surface area contributed by atoms with Crippen LogP contribution < -0.4 is 9.62 Å². The van der Waals surface area contributed by atoms with E-state index in [-0.39, 0.29) is 12.5 Å². The van der Waals surface area contributed by atoms with E-state index in [0.717, 1.165) is 23.1 Å². The molecule has 0 saturated carbocycles. The second-order valence-electron chi connectivity index (χ2n) is 8.43. The van der Waals surface area contributed by atoms with Crippen molar-refractivity contribution >= 4 is 27.3 Å². The Balaban J connectivity index is 1.44. The van der Waals surface area contributed by atoms with Crippen molar-refractivity contribution in [2.45, 2.75) is 19.9 Å². The number of nitrogens with one attached hydrogen (secondary N) is 1. The van der Waals surface area contributed by atoms with Crippen molar-refractivity contribution in [1.29, 1.82) is 0 Å². The molecular formula is C28H27N3O3S. The molecule has 1 aromatic heterocycles. The number of carbonyl (C=O) groups excluding carboxylic acids is 1. The molecule has 7 heteroatoms. The van der Waals surface area contributed by atoms with Gasteiger partial charge in [0.2, 0.25) is 10.0 Å². The van der Waals surface area contributed by atoms with Crippen molar-refractivity contribution in [3.8, 4) is 0 Å². The van der Waals surface area contributed by atoms with Crippen LogP contribution >= 0.6 is 0 Å². The number of benzene rings is 3. The van der Waals surface area contributed by atoms with Crippen LogP contribution in [0.5, 0.6) is 0 Å². The van der Waals surface area contributed by atoms with Gasteiger partial charge in [0.25, 0.3) is 5.91 Å². The van der Waals surface area contributed by atoms with E-state index in [1.165, 1.54) is 16.1 Å². The summed E-state index contributed by atoms with van der Waals surface area (Å²) in [5.41, 5.74) is 5.88. The number of aromatic nitrogens is 1. The highest BCUT2D eigenvalue weighted by Crippen LogP contribution is 2.23. The van der Waals surface area contributed by atoms with Crippen molar-refractivity contribution in [3.63, 3.8) is 0 Å². The number of amides is 1. The second-order valence-corrected chi connectivity index (χ2v) is 10.3. The van der Waals surface area contributed by atoms with E-state index < -0.39 is 10.0 Å². The normalized spacial score (nSPS) is 11.1. The van der Waals surface area contributed by atoms with E-state index in [4.69, 9.17) is 0 Å². The first-order valence-electron chi connectivity index (χ1n) is 11.2. The van der Waals surface area contributed by atoms with Gasteiger partial charge >= 0.3 is 0 Å². The predicted molar refractivity (Wildman–Crippen MR) is 140 cm³/mol. The number of pyridine rings is 1. The number of nitrogens with zero attached hydrogens (tertiary/aromatic N) is 2. The maximum absolute atomic E-state index is 12.8. The molecule has 0 aliphatic rings. The van der Waals surface area contributed by atoms with Crippen molar-refractivity contribution in [3.05, 3.63) is 125 Å². The first kappa shape index (κ1) is 24.2. The first-order chi connectivity index (χ1) is 16.8. The van der Waals surface area contributed by atoms with Gasteiger partial charge in [-0.3, -0.25) is 14.1 Å². The van der Waals surface area contributed by atoms with Crippen molar-refractivity contribution < 1.29 is 13.2 Å². The zero-order chi connectivity index (χ0) is 24.8. The number of rotatable bonds is 8. The SMILES string of the molecule is Cc1ccccc1CN(c1ccc(C(=O)Nc2ccc(Cc3ccncc3)cc2)cc1)S(C)(=O)=O. The van der Waals surface area contributed by atoms with E-state index in [2.05, 4.69) is 10.3 Å². The van der Waals surface area contributed by atoms with E-state index in [9.17, 15) is 13.2 Å². The van der Waals surface area contributed by atoms with Gasteiger partial charge < -0.3 is 5.32 Å². The summed E-state index contributed by atoms with van der Waals surface area (Å²) in [4.78, 5) is 16.8. The van der Waals surface area contributed by atoms with Crippen LogP contribution in [-0.4, -0.2) is 25.6 Å². The molecule has 0 aliphatic carbocycles. The molecule has 1 heterocycles. The molecule has 0 bridgehead atoms. The highest BCUT2D eigenvalue weighted by Gasteiger charge is 2.19. The molecule has 0 fully saturated rings. The van der Waals surface area contributed by atoms with Crippen LogP contribution in [0.3, 0.4) is 0 Å². The highest BCUT2D eigenvalue weighted by atomic mass is 32.2. The molecule has 0 atom stereocenters. The van der Waals surface area contributed by atoms with Crippen molar-refractivity contribution in [1.82, 2.24) is 4.98 Å². The largest absolute Gasteiger partial charge is 0.322 e. The summed E-state index contributed by atoms with van der Waals surface area (Å²) in [6.07, 6.45) is 5.52. The minimum Gasteiger partial charge on any atom is -0.322 e. The fourth-order valence-corrected chi connectivity index (χ4v) is 4.65. The first-order valence-corrected chi connectivity index (χ1v) is 13.1. The molecule has 0 saturated heterocycles. The Hall–Kier alpha value is -3.97. The third-order valence-electron chi connectivity index (χ3n) is 5.76. The Morgan fingerprint density at radius 1 is 0.857 bits per heavy atom. The molecule has 178 valence electrons. The van der Waals surface area contributed by atoms with Crippen molar-refractivity contribution in [2.75, 3.05) is 15.9 Å². The summed E-state index contributed by atoms with van der Waals surface area (Å²) in [6.45, 7) is 2.18. The molecule has 0 unspecified atom stereocenters. The van der Waals surface area contributed by atoms with E-state index in [1.54, 1.807) is 36.7 Å². The zero-order valence-corrected chi connectivity index (χ0v) is 20.5. The lowest BCUT2D eigenvalue weighted by Gasteiger charge is -2.23. The van der Waals surface area contributed by atoms with Gasteiger partial charge in [0.1, 0.15) is 0 Å². The van der Waals surface area contributed by atoms with Gasteiger partial charge in [0, 0.05) is 23.6 Å². The maximum Gasteiger partial charge on any atom is 0.255 e. The molecule has 6 nitrogen and oxygen atoms in total. The minimum atomic E-state index is -3.51. The average molecular weight is 486 g/mol. The van der Waals surface area contributed by atoms with E-state index in [1.807, 2.05) is 67.6 Å². The highest BCUT2D eigenvalue weighted by molar-refractivity contribution is 7.92. The standard InChI is InChI=1S/C28H27N3O3S/c1-21-5-3-4-6-25(21)20-31(35(2,33)34)27-13-9-24(10-14-27)28(32)30-26-11-7-22(8-12-26)19-23-15-17-29-18-16-23/h3-18H,19-20H2,1-2H3,(H,30,32). The Bertz CT molecular complexity index is 1400. The summed E-state index contributed by atoms with van der Waals surface area (Å²) in [5.74, 6) is -0.261. The molecule has 0 aliphatic heterocycles. The Kier molecular flexibility index (Phi) is 7.27. The Labute approximate surface area is 206 Å². The molecule has 4 rings (SSSR count). The van der Waals surface area contributed by atoms with Gasteiger partial charge in [-0.15, -0.1) is 0 Å². The second kappa shape index (κ2) is 10.5. The molecule has 3 aromatic carbocycles. The Morgan fingerprint density at radius 2 is 1.49 bits per heavy atom. The summed E-state index contributed by atoms with van der Waals surface area (Å²) in [6, 6.07) is 25.9. The Morgan fingerprint density at radius 3 is 2.11 bits per heavy atom. The van der Waals surface area contributed by atoms with Crippen LogP contribution in [0.2, 0.25) is 0 Å². The monoisotopic (exact) mass is 485 g/mol. The third-order valence-corrected chi connectivity index (χ3v) is 6.90. The van der Waals surface area contributed by atoms with Crippen LogP contribution in [0, 0.1) is 6.92 Å². The van der Waals surface area contributed by atoms with Crippen LogP contribution in [0.25, 0.3) is 0 Å². The minimum absolute atomic E-state index is 0.225. The number of anilines is 2. The maximum atomic E-state index is 12.8. The number of carbonyl (C=O) groups is 1. The zero-order valence-electron chi connectivity index (χ0n) is 19.7. The number of sulfonamides is 1. The van der Waals surface area contributed by atoms with Gasteiger partial charge in [0.15, 0.2) is 0 Å². The van der Waals surface area contributed by atoms with Crippen LogP contribution in [0.15, 0.2) is 97.3 Å². The van der Waals surface area contributed by atoms with Gasteiger partial charge in [-0.25, -0.2) is 8.42 Å². The smallest absolute Gasteiger partial charge is 0.255 e. The van der Waals surface area contributed by atoms with Crippen LogP contribution in [0.4, 0.5) is 11.4 Å². The van der Waals surface area contributed by atoms with Gasteiger partial charge in [-0.1, -0.05) is 36.4 Å². The van der Waals surface area contributed by atoms with Crippen LogP contribution in [-0.2, 0) is 23.0 Å². The lowest BCUT2D eigenvalue weighted by atomic mass is 10.1. The lowest BCUT2D eigenvalue weighted by molar-refractivity contribution is 0.102. The fraction of sp³-hybridized carbons (Fsp3) is 0.143. The summed E-state index contributed by atoms with van der Waals surface area (Å²) < 4.78 is 26.3. The van der Waals surface area contributed by atoms with Gasteiger partial charge in [-0.05, 0) is 84.1 Å². The molecule has 4 aromatic rings. The predicted octanol–water partition coefficient (Wildman–Crippen LogP) is 5.20. The van der Waals surface area contributed by atoms with Gasteiger partial charge in [-0.2, -0.15) is 0 Å². The molecule has 35 heavy (non-hydrogen) atoms. The molecule has 0 radical (unpaired) electrons. The lowest BCUT2D eigenvalue weighted by Crippen LogP contribution is -2.29. The van der Waals surface area contributed by atoms with Crippen molar-refractivity contribution in [2.24, 2.45) is 0 Å². The fourth-order valence-electron chi connectivity index (χ4n) is 3.77. The quantitative estimate of drug-likeness (QED) is 0.372. The van der Waals surface area contributed by atoms with E-state index >= 15 is 0 Å².